The fraction of sp³-hybridized carbons (Fsp3) is 0.346. The molecule has 1 aliphatic heterocycles. The molecule has 0 saturated carbocycles. The minimum atomic E-state index is -1.27. The van der Waals surface area contributed by atoms with Gasteiger partial charge in [-0.1, -0.05) is 12.1 Å². The van der Waals surface area contributed by atoms with Gasteiger partial charge in [0, 0.05) is 29.9 Å². The number of nitrogens with zero attached hydrogens (tertiary/aromatic N) is 4. The zero-order valence-electron chi connectivity index (χ0n) is 21.6. The van der Waals surface area contributed by atoms with Crippen molar-refractivity contribution in [3.8, 4) is 17.0 Å². The SMILES string of the molecule is COc1ccnc(NC(=O)c2ccc(-c3nc([C@@H]4CCCN4C(=O)OC(C)(C)C)n(N)c3C(=O)O)cc2)c1. The largest absolute Gasteiger partial charge is 0.497 e. The van der Waals surface area contributed by atoms with Gasteiger partial charge in [0.05, 0.1) is 13.2 Å². The summed E-state index contributed by atoms with van der Waals surface area (Å²) in [6.45, 7) is 5.77. The van der Waals surface area contributed by atoms with Gasteiger partial charge >= 0.3 is 12.1 Å². The lowest BCUT2D eigenvalue weighted by Crippen LogP contribution is -2.37. The number of aromatic carboxylic acids is 1. The number of hydrogen-bond donors (Lipinski definition) is 3. The van der Waals surface area contributed by atoms with Gasteiger partial charge in [-0.25, -0.2) is 24.2 Å². The van der Waals surface area contributed by atoms with Gasteiger partial charge in [-0.15, -0.1) is 0 Å². The maximum Gasteiger partial charge on any atom is 0.410 e. The fourth-order valence-corrected chi connectivity index (χ4v) is 4.24. The van der Waals surface area contributed by atoms with Gasteiger partial charge in [-0.3, -0.25) is 9.69 Å². The highest BCUT2D eigenvalue weighted by molar-refractivity contribution is 6.04. The zero-order chi connectivity index (χ0) is 27.6. The van der Waals surface area contributed by atoms with Crippen molar-refractivity contribution in [1.29, 1.82) is 0 Å². The highest BCUT2D eigenvalue weighted by atomic mass is 16.6. The molecule has 4 N–H and O–H groups in total. The van der Waals surface area contributed by atoms with Crippen molar-refractivity contribution in [2.45, 2.75) is 45.3 Å². The molecule has 12 nitrogen and oxygen atoms in total. The van der Waals surface area contributed by atoms with Gasteiger partial charge in [0.25, 0.3) is 5.91 Å². The number of nitrogens with one attached hydrogen (secondary N) is 1. The van der Waals surface area contributed by atoms with Gasteiger partial charge in [-0.05, 0) is 51.8 Å². The second kappa shape index (κ2) is 10.4. The van der Waals surface area contributed by atoms with E-state index in [0.29, 0.717) is 42.1 Å². The molecule has 38 heavy (non-hydrogen) atoms. The van der Waals surface area contributed by atoms with Crippen LogP contribution in [0, 0.1) is 0 Å². The number of ether oxygens (including phenoxy) is 2. The molecule has 3 aromatic rings. The standard InChI is InChI=1S/C26H30N6O6/c1-26(2,3)38-25(36)31-13-5-6-18(31)22-30-20(21(24(34)35)32(22)27)15-7-9-16(10-8-15)23(33)29-19-14-17(37-4)11-12-28-19/h7-12,14,18H,5-6,13,27H2,1-4H3,(H,34,35)(H,28,29,33)/t18-/m0/s1. The van der Waals surface area contributed by atoms with Crippen LogP contribution in [0.4, 0.5) is 10.6 Å². The molecular weight excluding hydrogens is 492 g/mol. The minimum Gasteiger partial charge on any atom is -0.497 e. The summed E-state index contributed by atoms with van der Waals surface area (Å²) in [4.78, 5) is 47.8. The second-order valence-corrected chi connectivity index (χ2v) is 9.79. The van der Waals surface area contributed by atoms with Gasteiger partial charge in [0.2, 0.25) is 0 Å². The number of amides is 2. The van der Waals surface area contributed by atoms with E-state index >= 15 is 0 Å². The maximum atomic E-state index is 12.8. The molecule has 1 aliphatic rings. The fourth-order valence-electron chi connectivity index (χ4n) is 4.24. The van der Waals surface area contributed by atoms with E-state index in [4.69, 9.17) is 15.3 Å². The summed E-state index contributed by atoms with van der Waals surface area (Å²) >= 11 is 0. The first kappa shape index (κ1) is 26.5. The number of anilines is 1. The first-order chi connectivity index (χ1) is 18.0. The quantitative estimate of drug-likeness (QED) is 0.410. The Balaban J connectivity index is 1.61. The number of likely N-dealkylation sites (tertiary alicyclic amines) is 1. The molecule has 1 fully saturated rings. The number of imidazole rings is 1. The van der Waals surface area contributed by atoms with E-state index < -0.39 is 29.6 Å². The zero-order valence-corrected chi connectivity index (χ0v) is 21.6. The van der Waals surface area contributed by atoms with Crippen LogP contribution in [0.25, 0.3) is 11.3 Å². The van der Waals surface area contributed by atoms with Crippen LogP contribution in [0.2, 0.25) is 0 Å². The molecule has 1 aromatic carbocycles. The van der Waals surface area contributed by atoms with Crippen LogP contribution in [0.3, 0.4) is 0 Å². The average molecular weight is 523 g/mol. The smallest absolute Gasteiger partial charge is 0.410 e. The molecule has 1 atom stereocenters. The third-order valence-corrected chi connectivity index (χ3v) is 5.95. The molecule has 0 unspecified atom stereocenters. The van der Waals surface area contributed by atoms with Crippen molar-refractivity contribution in [1.82, 2.24) is 19.5 Å². The highest BCUT2D eigenvalue weighted by Crippen LogP contribution is 2.35. The van der Waals surface area contributed by atoms with Crippen molar-refractivity contribution in [3.63, 3.8) is 0 Å². The lowest BCUT2D eigenvalue weighted by molar-refractivity contribution is 0.0217. The lowest BCUT2D eigenvalue weighted by Gasteiger charge is -2.28. The van der Waals surface area contributed by atoms with Crippen molar-refractivity contribution in [3.05, 3.63) is 59.7 Å². The molecule has 3 heterocycles. The summed E-state index contributed by atoms with van der Waals surface area (Å²) in [5.41, 5.74) is -0.00212. The number of carbonyl (C=O) groups excluding carboxylic acids is 2. The number of pyridine rings is 1. The summed E-state index contributed by atoms with van der Waals surface area (Å²) in [7, 11) is 1.51. The van der Waals surface area contributed by atoms with Crippen LogP contribution in [-0.4, -0.2) is 61.9 Å². The number of carboxylic acids is 1. The van der Waals surface area contributed by atoms with Gasteiger partial charge in [0.15, 0.2) is 11.5 Å². The van der Waals surface area contributed by atoms with E-state index in [1.807, 2.05) is 0 Å². The van der Waals surface area contributed by atoms with Crippen LogP contribution in [0.5, 0.6) is 5.75 Å². The van der Waals surface area contributed by atoms with E-state index in [2.05, 4.69) is 15.3 Å². The third-order valence-electron chi connectivity index (χ3n) is 5.95. The molecule has 200 valence electrons. The summed E-state index contributed by atoms with van der Waals surface area (Å²) < 4.78 is 11.7. The molecule has 0 radical (unpaired) electrons. The van der Waals surface area contributed by atoms with E-state index in [1.165, 1.54) is 18.2 Å². The summed E-state index contributed by atoms with van der Waals surface area (Å²) in [6, 6.07) is 8.99. The van der Waals surface area contributed by atoms with Gasteiger partial charge in [-0.2, -0.15) is 0 Å². The Hall–Kier alpha value is -4.61. The predicted octanol–water partition coefficient (Wildman–Crippen LogP) is 3.69. The Kier molecular flexibility index (Phi) is 7.24. The van der Waals surface area contributed by atoms with Crippen molar-refractivity contribution >= 4 is 23.8 Å². The van der Waals surface area contributed by atoms with Crippen molar-refractivity contribution < 1.29 is 29.0 Å². The molecule has 2 amide bonds. The number of aromatic nitrogens is 3. The second-order valence-electron chi connectivity index (χ2n) is 9.79. The van der Waals surface area contributed by atoms with Crippen LogP contribution in [-0.2, 0) is 4.74 Å². The number of carbonyl (C=O) groups is 3. The first-order valence-electron chi connectivity index (χ1n) is 12.0. The number of carboxylic acid groups (broad SMARTS) is 1. The maximum absolute atomic E-state index is 12.8. The van der Waals surface area contributed by atoms with E-state index in [1.54, 1.807) is 57.2 Å². The molecule has 1 saturated heterocycles. The number of nitrogens with two attached hydrogens (primary N) is 1. The Morgan fingerprint density at radius 3 is 2.50 bits per heavy atom. The van der Waals surface area contributed by atoms with Gasteiger partial charge < -0.3 is 25.7 Å². The van der Waals surface area contributed by atoms with Crippen LogP contribution in [0.1, 0.15) is 66.3 Å². The van der Waals surface area contributed by atoms with Crippen LogP contribution < -0.4 is 15.9 Å². The van der Waals surface area contributed by atoms with E-state index in [0.717, 1.165) is 4.68 Å². The topological polar surface area (TPSA) is 162 Å². The lowest BCUT2D eigenvalue weighted by atomic mass is 10.1. The van der Waals surface area contributed by atoms with Crippen LogP contribution in [0.15, 0.2) is 42.6 Å². The first-order valence-corrected chi connectivity index (χ1v) is 12.0. The predicted molar refractivity (Wildman–Crippen MR) is 138 cm³/mol. The Morgan fingerprint density at radius 2 is 1.87 bits per heavy atom. The average Bonchev–Trinajstić information content (AvgIpc) is 3.47. The number of rotatable bonds is 6. The molecule has 0 bridgehead atoms. The Bertz CT molecular complexity index is 1360. The molecular formula is C26H30N6O6. The van der Waals surface area contributed by atoms with Crippen molar-refractivity contribution in [2.24, 2.45) is 0 Å². The summed E-state index contributed by atoms with van der Waals surface area (Å²) in [6.07, 6.45) is 2.26. The monoisotopic (exact) mass is 522 g/mol. The molecule has 0 spiro atoms. The van der Waals surface area contributed by atoms with E-state index in [9.17, 15) is 19.5 Å². The summed E-state index contributed by atoms with van der Waals surface area (Å²) in [5.74, 6) is 5.65. The molecule has 0 aliphatic carbocycles. The van der Waals surface area contributed by atoms with Gasteiger partial charge in [0.1, 0.15) is 22.9 Å². The molecule has 4 rings (SSSR count). The normalized spacial score (nSPS) is 15.3. The van der Waals surface area contributed by atoms with E-state index in [-0.39, 0.29) is 17.2 Å². The Morgan fingerprint density at radius 1 is 1.16 bits per heavy atom. The number of hydrogen-bond acceptors (Lipinski definition) is 8. The number of nitrogen functional groups attached to an aromatic ring is 1. The number of methoxy groups -OCH3 is 1. The molecule has 2 aromatic heterocycles. The number of benzene rings is 1. The Labute approximate surface area is 219 Å². The van der Waals surface area contributed by atoms with Crippen LogP contribution >= 0.6 is 0 Å². The highest BCUT2D eigenvalue weighted by Gasteiger charge is 2.37. The molecule has 12 heteroatoms. The minimum absolute atomic E-state index is 0.132. The third kappa shape index (κ3) is 5.53. The summed E-state index contributed by atoms with van der Waals surface area (Å²) in [5, 5.41) is 12.6. The van der Waals surface area contributed by atoms with Crippen molar-refractivity contribution in [2.75, 3.05) is 24.8 Å².